The molecule has 1 aliphatic heterocycles. The Balaban J connectivity index is 2.23. The topological polar surface area (TPSA) is 63.2 Å². The maximum Gasteiger partial charge on any atom is 0.224 e. The van der Waals surface area contributed by atoms with E-state index in [2.05, 4.69) is 9.97 Å². The summed E-state index contributed by atoms with van der Waals surface area (Å²) < 4.78 is 22.6. The number of aromatic nitrogens is 2. The number of hydrogen-bond donors (Lipinski definition) is 0. The summed E-state index contributed by atoms with van der Waals surface area (Å²) in [7, 11) is -2.86. The van der Waals surface area contributed by atoms with E-state index in [9.17, 15) is 8.42 Å². The molecular formula is C9H12ClN3O2S. The maximum atomic E-state index is 11.3. The molecule has 0 amide bonds. The fourth-order valence-electron chi connectivity index (χ4n) is 1.66. The van der Waals surface area contributed by atoms with E-state index in [4.69, 9.17) is 11.6 Å². The van der Waals surface area contributed by atoms with Gasteiger partial charge in [-0.05, 0) is 18.5 Å². The Bertz CT molecular complexity index is 489. The summed E-state index contributed by atoms with van der Waals surface area (Å²) in [6.07, 6.45) is 1.65. The molecule has 16 heavy (non-hydrogen) atoms. The van der Waals surface area contributed by atoms with Gasteiger partial charge in [-0.1, -0.05) is 0 Å². The lowest BCUT2D eigenvalue weighted by Crippen LogP contribution is -2.41. The number of rotatable bonds is 1. The van der Waals surface area contributed by atoms with Crippen LogP contribution in [0.15, 0.2) is 6.20 Å². The molecule has 0 aromatic carbocycles. The molecule has 1 saturated heterocycles. The van der Waals surface area contributed by atoms with Gasteiger partial charge < -0.3 is 4.90 Å². The van der Waals surface area contributed by atoms with Gasteiger partial charge in [0, 0.05) is 24.8 Å². The molecule has 1 fully saturated rings. The summed E-state index contributed by atoms with van der Waals surface area (Å²) in [6.45, 7) is 2.82. The first kappa shape index (κ1) is 11.6. The Kier molecular flexibility index (Phi) is 3.03. The van der Waals surface area contributed by atoms with Crippen LogP contribution >= 0.6 is 11.6 Å². The number of aryl methyl sites for hydroxylation is 1. The molecule has 1 aliphatic rings. The monoisotopic (exact) mass is 261 g/mol. The predicted octanol–water partition coefficient (Wildman–Crippen LogP) is 0.673. The van der Waals surface area contributed by atoms with Gasteiger partial charge >= 0.3 is 0 Å². The smallest absolute Gasteiger partial charge is 0.224 e. The highest BCUT2D eigenvalue weighted by atomic mass is 35.5. The van der Waals surface area contributed by atoms with Crippen LogP contribution in [0, 0.1) is 6.92 Å². The van der Waals surface area contributed by atoms with Crippen molar-refractivity contribution in [2.24, 2.45) is 0 Å². The molecule has 0 atom stereocenters. The molecule has 0 saturated carbocycles. The number of halogens is 1. The van der Waals surface area contributed by atoms with Crippen molar-refractivity contribution in [3.05, 3.63) is 17.0 Å². The van der Waals surface area contributed by atoms with Crippen LogP contribution in [0.4, 0.5) is 5.82 Å². The third-order valence-electron chi connectivity index (χ3n) is 2.56. The largest absolute Gasteiger partial charge is 0.354 e. The molecule has 5 nitrogen and oxygen atoms in total. The first-order valence-electron chi connectivity index (χ1n) is 4.92. The van der Waals surface area contributed by atoms with E-state index < -0.39 is 9.84 Å². The van der Waals surface area contributed by atoms with E-state index in [1.54, 1.807) is 6.20 Å². The standard InChI is InChI=1S/C9H12ClN3O2S/c1-7-6-11-9(10)12-8(7)13-2-4-16(14,15)5-3-13/h6H,2-5H2,1H3. The van der Waals surface area contributed by atoms with Crippen LogP contribution in [0.25, 0.3) is 0 Å². The summed E-state index contributed by atoms with van der Waals surface area (Å²) in [4.78, 5) is 9.94. The highest BCUT2D eigenvalue weighted by Crippen LogP contribution is 2.20. The molecule has 0 unspecified atom stereocenters. The lowest BCUT2D eigenvalue weighted by Gasteiger charge is -2.28. The van der Waals surface area contributed by atoms with Crippen LogP contribution in [0.1, 0.15) is 5.56 Å². The molecule has 0 spiro atoms. The van der Waals surface area contributed by atoms with Crippen LogP contribution < -0.4 is 4.90 Å². The van der Waals surface area contributed by atoms with Crippen molar-refractivity contribution in [1.82, 2.24) is 9.97 Å². The van der Waals surface area contributed by atoms with Crippen LogP contribution in [-0.2, 0) is 9.84 Å². The third-order valence-corrected chi connectivity index (χ3v) is 4.35. The van der Waals surface area contributed by atoms with Gasteiger partial charge in [-0.25, -0.2) is 18.4 Å². The van der Waals surface area contributed by atoms with Crippen molar-refractivity contribution in [2.75, 3.05) is 29.5 Å². The number of nitrogens with zero attached hydrogens (tertiary/aromatic N) is 3. The summed E-state index contributed by atoms with van der Waals surface area (Å²) in [5.41, 5.74) is 0.906. The quantitative estimate of drug-likeness (QED) is 0.696. The van der Waals surface area contributed by atoms with E-state index >= 15 is 0 Å². The van der Waals surface area contributed by atoms with Gasteiger partial charge in [0.1, 0.15) is 5.82 Å². The summed E-state index contributed by atoms with van der Waals surface area (Å²) >= 11 is 5.72. The molecule has 7 heteroatoms. The number of anilines is 1. The highest BCUT2D eigenvalue weighted by Gasteiger charge is 2.23. The van der Waals surface area contributed by atoms with Gasteiger partial charge in [0.05, 0.1) is 11.5 Å². The van der Waals surface area contributed by atoms with Crippen molar-refractivity contribution in [3.63, 3.8) is 0 Å². The van der Waals surface area contributed by atoms with Crippen LogP contribution in [-0.4, -0.2) is 43.0 Å². The SMILES string of the molecule is Cc1cnc(Cl)nc1N1CCS(=O)(=O)CC1. The van der Waals surface area contributed by atoms with Gasteiger partial charge in [-0.3, -0.25) is 0 Å². The maximum absolute atomic E-state index is 11.3. The Hall–Kier alpha value is -0.880. The second kappa shape index (κ2) is 4.18. The minimum atomic E-state index is -2.86. The lowest BCUT2D eigenvalue weighted by atomic mass is 10.3. The third kappa shape index (κ3) is 2.44. The molecule has 2 heterocycles. The Labute approximate surface area is 99.4 Å². The van der Waals surface area contributed by atoms with Gasteiger partial charge in [-0.2, -0.15) is 0 Å². The highest BCUT2D eigenvalue weighted by molar-refractivity contribution is 7.91. The Morgan fingerprint density at radius 3 is 2.62 bits per heavy atom. The number of sulfone groups is 1. The van der Waals surface area contributed by atoms with Crippen LogP contribution in [0.3, 0.4) is 0 Å². The summed E-state index contributed by atoms with van der Waals surface area (Å²) in [5.74, 6) is 1.08. The van der Waals surface area contributed by atoms with Crippen molar-refractivity contribution in [3.8, 4) is 0 Å². The fourth-order valence-corrected chi connectivity index (χ4v) is 2.99. The summed E-state index contributed by atoms with van der Waals surface area (Å²) in [5, 5.41) is 0.189. The first-order chi connectivity index (χ1) is 7.48. The molecular weight excluding hydrogens is 250 g/mol. The van der Waals surface area contributed by atoms with Crippen molar-refractivity contribution in [2.45, 2.75) is 6.92 Å². The molecule has 0 bridgehead atoms. The normalized spacial score (nSPS) is 19.8. The zero-order valence-corrected chi connectivity index (χ0v) is 10.4. The van der Waals surface area contributed by atoms with Gasteiger partial charge in [0.2, 0.25) is 5.28 Å². The zero-order chi connectivity index (χ0) is 11.8. The number of hydrogen-bond acceptors (Lipinski definition) is 5. The fraction of sp³-hybridized carbons (Fsp3) is 0.556. The second-order valence-corrected chi connectivity index (χ2v) is 6.43. The van der Waals surface area contributed by atoms with E-state index in [-0.39, 0.29) is 16.8 Å². The molecule has 2 rings (SSSR count). The zero-order valence-electron chi connectivity index (χ0n) is 8.85. The van der Waals surface area contributed by atoms with Gasteiger partial charge in [0.15, 0.2) is 9.84 Å². The van der Waals surface area contributed by atoms with Crippen LogP contribution in [0.5, 0.6) is 0 Å². The molecule has 0 N–H and O–H groups in total. The average molecular weight is 262 g/mol. The first-order valence-corrected chi connectivity index (χ1v) is 7.12. The van der Waals surface area contributed by atoms with E-state index in [1.807, 2.05) is 11.8 Å². The predicted molar refractivity (Wildman–Crippen MR) is 62.6 cm³/mol. The van der Waals surface area contributed by atoms with E-state index in [0.717, 1.165) is 11.4 Å². The second-order valence-electron chi connectivity index (χ2n) is 3.78. The molecule has 1 aromatic heterocycles. The summed E-state index contributed by atoms with van der Waals surface area (Å²) in [6, 6.07) is 0. The lowest BCUT2D eigenvalue weighted by molar-refractivity contribution is 0.586. The van der Waals surface area contributed by atoms with E-state index in [0.29, 0.717) is 13.1 Å². The van der Waals surface area contributed by atoms with Gasteiger partial charge in [-0.15, -0.1) is 0 Å². The Morgan fingerprint density at radius 2 is 2.00 bits per heavy atom. The van der Waals surface area contributed by atoms with Crippen molar-refractivity contribution < 1.29 is 8.42 Å². The van der Waals surface area contributed by atoms with Crippen molar-refractivity contribution >= 4 is 27.3 Å². The molecule has 0 aliphatic carbocycles. The average Bonchev–Trinajstić information content (AvgIpc) is 2.22. The van der Waals surface area contributed by atoms with Gasteiger partial charge in [0.25, 0.3) is 0 Å². The van der Waals surface area contributed by atoms with E-state index in [1.165, 1.54) is 0 Å². The molecule has 88 valence electrons. The minimum Gasteiger partial charge on any atom is -0.354 e. The molecule has 0 radical (unpaired) electrons. The molecule has 1 aromatic rings. The minimum absolute atomic E-state index is 0.175. The Morgan fingerprint density at radius 1 is 1.38 bits per heavy atom. The van der Waals surface area contributed by atoms with Crippen LogP contribution in [0.2, 0.25) is 5.28 Å². The van der Waals surface area contributed by atoms with Crippen molar-refractivity contribution in [1.29, 1.82) is 0 Å².